The molecular weight excluding hydrogens is 314 g/mol. The second kappa shape index (κ2) is 8.96. The van der Waals surface area contributed by atoms with Crippen LogP contribution in [0.15, 0.2) is 47.1 Å². The third-order valence-electron chi connectivity index (χ3n) is 3.31. The number of benzene rings is 1. The zero-order valence-electron chi connectivity index (χ0n) is 13.6. The number of halogens is 1. The minimum atomic E-state index is -0.570. The molecule has 4 nitrogen and oxygen atoms in total. The van der Waals surface area contributed by atoms with Crippen molar-refractivity contribution >= 4 is 11.6 Å². The molecule has 0 aliphatic rings. The van der Waals surface area contributed by atoms with Crippen LogP contribution in [-0.2, 0) is 6.54 Å². The Morgan fingerprint density at radius 3 is 2.52 bits per heavy atom. The highest BCUT2D eigenvalue weighted by Crippen LogP contribution is 2.16. The summed E-state index contributed by atoms with van der Waals surface area (Å²) in [5.74, 6) is 2.11. The summed E-state index contributed by atoms with van der Waals surface area (Å²) in [6, 6.07) is 11.0. The first-order valence-electron chi connectivity index (χ1n) is 7.84. The van der Waals surface area contributed by atoms with Crippen LogP contribution < -0.4 is 4.74 Å². The molecule has 1 atom stereocenters. The average Bonchev–Trinajstić information content (AvgIpc) is 2.99. The van der Waals surface area contributed by atoms with Crippen molar-refractivity contribution < 1.29 is 14.3 Å². The minimum absolute atomic E-state index is 0.244. The lowest BCUT2D eigenvalue weighted by Crippen LogP contribution is -2.37. The molecule has 1 aromatic carbocycles. The standard InChI is InChI=1S/C18H24ClNO3/c1-14(2)10-20(12-18-4-3-9-22-18)11-16(21)13-23-17-7-5-15(19)6-8-17/h3-9,14,16,21H,10-13H2,1-2H3. The van der Waals surface area contributed by atoms with Crippen molar-refractivity contribution in [1.82, 2.24) is 4.90 Å². The van der Waals surface area contributed by atoms with Gasteiger partial charge in [-0.15, -0.1) is 0 Å². The molecule has 0 fully saturated rings. The van der Waals surface area contributed by atoms with E-state index in [4.69, 9.17) is 20.8 Å². The first-order chi connectivity index (χ1) is 11.0. The molecule has 2 aromatic rings. The molecule has 0 spiro atoms. The molecule has 1 N–H and O–H groups in total. The van der Waals surface area contributed by atoms with E-state index >= 15 is 0 Å². The Morgan fingerprint density at radius 2 is 1.91 bits per heavy atom. The maximum absolute atomic E-state index is 10.3. The van der Waals surface area contributed by atoms with Crippen LogP contribution in [0.5, 0.6) is 5.75 Å². The van der Waals surface area contributed by atoms with Gasteiger partial charge in [0.2, 0.25) is 0 Å². The van der Waals surface area contributed by atoms with E-state index in [1.54, 1.807) is 30.5 Å². The Hall–Kier alpha value is -1.49. The zero-order valence-corrected chi connectivity index (χ0v) is 14.4. The molecule has 0 amide bonds. The monoisotopic (exact) mass is 337 g/mol. The van der Waals surface area contributed by atoms with Crippen LogP contribution in [0.1, 0.15) is 19.6 Å². The van der Waals surface area contributed by atoms with Gasteiger partial charge in [-0.1, -0.05) is 25.4 Å². The normalized spacial score (nSPS) is 12.8. The maximum atomic E-state index is 10.3. The van der Waals surface area contributed by atoms with E-state index in [-0.39, 0.29) is 6.61 Å². The summed E-state index contributed by atoms with van der Waals surface area (Å²) in [6.07, 6.45) is 1.10. The van der Waals surface area contributed by atoms with Crippen molar-refractivity contribution in [2.24, 2.45) is 5.92 Å². The second-order valence-electron chi connectivity index (χ2n) is 6.09. The summed E-state index contributed by atoms with van der Waals surface area (Å²) < 4.78 is 11.0. The Kier molecular flexibility index (Phi) is 6.96. The number of aliphatic hydroxyl groups is 1. The lowest BCUT2D eigenvalue weighted by atomic mass is 10.2. The zero-order chi connectivity index (χ0) is 16.7. The van der Waals surface area contributed by atoms with Crippen LogP contribution in [0.4, 0.5) is 0 Å². The van der Waals surface area contributed by atoms with E-state index in [0.29, 0.717) is 29.8 Å². The number of furan rings is 1. The Labute approximate surface area is 142 Å². The highest BCUT2D eigenvalue weighted by Gasteiger charge is 2.15. The Morgan fingerprint density at radius 1 is 1.17 bits per heavy atom. The van der Waals surface area contributed by atoms with Gasteiger partial charge in [-0.3, -0.25) is 4.90 Å². The minimum Gasteiger partial charge on any atom is -0.491 e. The van der Waals surface area contributed by atoms with E-state index in [1.807, 2.05) is 12.1 Å². The molecule has 1 unspecified atom stereocenters. The van der Waals surface area contributed by atoms with Crippen LogP contribution in [0.2, 0.25) is 5.02 Å². The molecule has 0 aliphatic heterocycles. The first kappa shape index (κ1) is 17.9. The van der Waals surface area contributed by atoms with Crippen LogP contribution >= 0.6 is 11.6 Å². The molecule has 1 heterocycles. The SMILES string of the molecule is CC(C)CN(Cc1ccco1)CC(O)COc1ccc(Cl)cc1. The topological polar surface area (TPSA) is 45.8 Å². The lowest BCUT2D eigenvalue weighted by Gasteiger charge is -2.25. The molecule has 126 valence electrons. The average molecular weight is 338 g/mol. The molecule has 1 aromatic heterocycles. The van der Waals surface area contributed by atoms with Gasteiger partial charge < -0.3 is 14.3 Å². The van der Waals surface area contributed by atoms with Crippen LogP contribution in [-0.4, -0.2) is 35.8 Å². The predicted octanol–water partition coefficient (Wildman–Crippen LogP) is 3.83. The number of hydrogen-bond donors (Lipinski definition) is 1. The molecule has 23 heavy (non-hydrogen) atoms. The van der Waals surface area contributed by atoms with Gasteiger partial charge >= 0.3 is 0 Å². The van der Waals surface area contributed by atoms with Crippen molar-refractivity contribution in [2.45, 2.75) is 26.5 Å². The fourth-order valence-corrected chi connectivity index (χ4v) is 2.54. The smallest absolute Gasteiger partial charge is 0.119 e. The van der Waals surface area contributed by atoms with Gasteiger partial charge in [-0.05, 0) is 42.3 Å². The van der Waals surface area contributed by atoms with Gasteiger partial charge in [0.15, 0.2) is 0 Å². The van der Waals surface area contributed by atoms with Crippen molar-refractivity contribution in [1.29, 1.82) is 0 Å². The predicted molar refractivity (Wildman–Crippen MR) is 91.8 cm³/mol. The van der Waals surface area contributed by atoms with Crippen molar-refractivity contribution in [3.63, 3.8) is 0 Å². The van der Waals surface area contributed by atoms with E-state index in [1.165, 1.54) is 0 Å². The number of aliphatic hydroxyl groups excluding tert-OH is 1. The summed E-state index contributed by atoms with van der Waals surface area (Å²) in [7, 11) is 0. The van der Waals surface area contributed by atoms with Gasteiger partial charge in [0, 0.05) is 18.1 Å². The van der Waals surface area contributed by atoms with Crippen LogP contribution in [0.3, 0.4) is 0 Å². The van der Waals surface area contributed by atoms with Gasteiger partial charge in [-0.25, -0.2) is 0 Å². The number of ether oxygens (including phenoxy) is 1. The highest BCUT2D eigenvalue weighted by molar-refractivity contribution is 6.30. The lowest BCUT2D eigenvalue weighted by molar-refractivity contribution is 0.0591. The van der Waals surface area contributed by atoms with Gasteiger partial charge in [-0.2, -0.15) is 0 Å². The second-order valence-corrected chi connectivity index (χ2v) is 6.52. The number of nitrogens with zero attached hydrogens (tertiary/aromatic N) is 1. The molecule has 0 saturated heterocycles. The van der Waals surface area contributed by atoms with E-state index in [9.17, 15) is 5.11 Å². The Bertz CT molecular complexity index is 554. The van der Waals surface area contributed by atoms with E-state index in [0.717, 1.165) is 12.3 Å². The maximum Gasteiger partial charge on any atom is 0.119 e. The van der Waals surface area contributed by atoms with Crippen molar-refractivity contribution in [3.8, 4) is 5.75 Å². The summed E-state index contributed by atoms with van der Waals surface area (Å²) in [5.41, 5.74) is 0. The fourth-order valence-electron chi connectivity index (χ4n) is 2.42. The highest BCUT2D eigenvalue weighted by atomic mass is 35.5. The fraction of sp³-hybridized carbons (Fsp3) is 0.444. The number of hydrogen-bond acceptors (Lipinski definition) is 4. The molecule has 5 heteroatoms. The van der Waals surface area contributed by atoms with Crippen LogP contribution in [0, 0.1) is 5.92 Å². The van der Waals surface area contributed by atoms with Crippen LogP contribution in [0.25, 0.3) is 0 Å². The summed E-state index contributed by atoms with van der Waals surface area (Å²) in [5, 5.41) is 10.9. The van der Waals surface area contributed by atoms with Gasteiger partial charge in [0.25, 0.3) is 0 Å². The molecule has 0 saturated carbocycles. The molecular formula is C18H24ClNO3. The Balaban J connectivity index is 1.83. The summed E-state index contributed by atoms with van der Waals surface area (Å²) in [6.45, 7) is 6.67. The van der Waals surface area contributed by atoms with E-state index in [2.05, 4.69) is 18.7 Å². The molecule has 0 radical (unpaired) electrons. The molecule has 0 aliphatic carbocycles. The quantitative estimate of drug-likeness (QED) is 0.755. The van der Waals surface area contributed by atoms with Gasteiger partial charge in [0.05, 0.1) is 12.8 Å². The largest absolute Gasteiger partial charge is 0.491 e. The summed E-state index contributed by atoms with van der Waals surface area (Å²) >= 11 is 5.84. The first-order valence-corrected chi connectivity index (χ1v) is 8.22. The number of rotatable bonds is 9. The third kappa shape index (κ3) is 6.65. The van der Waals surface area contributed by atoms with Crippen molar-refractivity contribution in [2.75, 3.05) is 19.7 Å². The van der Waals surface area contributed by atoms with Crippen molar-refractivity contribution in [3.05, 3.63) is 53.4 Å². The summed E-state index contributed by atoms with van der Waals surface area (Å²) in [4.78, 5) is 2.18. The van der Waals surface area contributed by atoms with E-state index < -0.39 is 6.10 Å². The molecule has 0 bridgehead atoms. The third-order valence-corrected chi connectivity index (χ3v) is 3.56. The molecule has 2 rings (SSSR count). The van der Waals surface area contributed by atoms with Gasteiger partial charge in [0.1, 0.15) is 24.2 Å².